The fraction of sp³-hybridized carbons (Fsp3) is 0.500. The summed E-state index contributed by atoms with van der Waals surface area (Å²) in [4.78, 5) is 4.62. The Hall–Kier alpha value is -0.580. The topological polar surface area (TPSA) is 44.5 Å². The molecule has 16 heavy (non-hydrogen) atoms. The van der Waals surface area contributed by atoms with Crippen LogP contribution in [0.5, 0.6) is 5.75 Å². The van der Waals surface area contributed by atoms with Crippen LogP contribution in [0.3, 0.4) is 0 Å². The molecule has 0 amide bonds. The Morgan fingerprint density at radius 3 is 2.75 bits per heavy atom. The summed E-state index contributed by atoms with van der Waals surface area (Å²) in [6.07, 6.45) is 3.94. The molecule has 1 aliphatic rings. The average Bonchev–Trinajstić information content (AvgIpc) is 2.14. The van der Waals surface area contributed by atoms with Crippen molar-refractivity contribution in [3.63, 3.8) is 0 Å². The summed E-state index contributed by atoms with van der Waals surface area (Å²) in [5.74, 6) is 6.68. The van der Waals surface area contributed by atoms with Crippen molar-refractivity contribution in [2.24, 2.45) is 11.8 Å². The molecule has 0 atom stereocenters. The standard InChI is InChI=1S/C12H16BrNO2/c13-11-4-10(8-16-14)5-12(6-11)15-7-9-2-1-3-9/h4-6,9H,1-3,7-8,14H2. The lowest BCUT2D eigenvalue weighted by molar-refractivity contribution is 0.123. The first-order chi connectivity index (χ1) is 7.78. The van der Waals surface area contributed by atoms with E-state index in [1.165, 1.54) is 19.3 Å². The van der Waals surface area contributed by atoms with Crippen molar-refractivity contribution in [2.75, 3.05) is 6.61 Å². The maximum Gasteiger partial charge on any atom is 0.120 e. The number of rotatable bonds is 5. The summed E-state index contributed by atoms with van der Waals surface area (Å²) in [6, 6.07) is 5.91. The Morgan fingerprint density at radius 2 is 2.12 bits per heavy atom. The average molecular weight is 286 g/mol. The van der Waals surface area contributed by atoms with Gasteiger partial charge in [0.15, 0.2) is 0 Å². The largest absolute Gasteiger partial charge is 0.493 e. The summed E-state index contributed by atoms with van der Waals surface area (Å²) < 4.78 is 6.74. The van der Waals surface area contributed by atoms with Crippen molar-refractivity contribution in [3.8, 4) is 5.75 Å². The van der Waals surface area contributed by atoms with E-state index >= 15 is 0 Å². The zero-order chi connectivity index (χ0) is 11.4. The molecule has 88 valence electrons. The summed E-state index contributed by atoms with van der Waals surface area (Å²) in [6.45, 7) is 1.22. The molecule has 2 N–H and O–H groups in total. The molecule has 4 heteroatoms. The highest BCUT2D eigenvalue weighted by atomic mass is 79.9. The van der Waals surface area contributed by atoms with Gasteiger partial charge in [0.1, 0.15) is 5.75 Å². The SMILES string of the molecule is NOCc1cc(Br)cc(OCC2CCC2)c1. The van der Waals surface area contributed by atoms with Gasteiger partial charge < -0.3 is 4.74 Å². The van der Waals surface area contributed by atoms with Gasteiger partial charge in [0, 0.05) is 4.47 Å². The molecule has 0 radical (unpaired) electrons. The van der Waals surface area contributed by atoms with Gasteiger partial charge in [-0.15, -0.1) is 0 Å². The quantitative estimate of drug-likeness (QED) is 0.846. The molecular weight excluding hydrogens is 270 g/mol. The molecule has 0 heterocycles. The molecular formula is C12H16BrNO2. The molecule has 0 unspecified atom stereocenters. The molecule has 3 nitrogen and oxygen atoms in total. The fourth-order valence-corrected chi connectivity index (χ4v) is 2.28. The highest BCUT2D eigenvalue weighted by molar-refractivity contribution is 9.10. The van der Waals surface area contributed by atoms with Crippen molar-refractivity contribution in [1.82, 2.24) is 0 Å². The van der Waals surface area contributed by atoms with Gasteiger partial charge in [0.25, 0.3) is 0 Å². The van der Waals surface area contributed by atoms with Crippen LogP contribution in [0.15, 0.2) is 22.7 Å². The van der Waals surface area contributed by atoms with Gasteiger partial charge in [0.05, 0.1) is 13.2 Å². The molecule has 0 saturated heterocycles. The Balaban J connectivity index is 1.95. The van der Waals surface area contributed by atoms with Gasteiger partial charge in [-0.2, -0.15) is 0 Å². The summed E-state index contributed by atoms with van der Waals surface area (Å²) in [5, 5.41) is 0. The minimum atomic E-state index is 0.402. The predicted octanol–water partition coefficient (Wildman–Crippen LogP) is 3.02. The number of ether oxygens (including phenoxy) is 1. The van der Waals surface area contributed by atoms with Crippen LogP contribution in [-0.2, 0) is 11.4 Å². The Bertz CT molecular complexity index is 353. The maximum absolute atomic E-state index is 5.75. The van der Waals surface area contributed by atoms with E-state index in [0.717, 1.165) is 28.3 Å². The van der Waals surface area contributed by atoms with Crippen LogP contribution in [-0.4, -0.2) is 6.61 Å². The van der Waals surface area contributed by atoms with Crippen LogP contribution in [0.25, 0.3) is 0 Å². The lowest BCUT2D eigenvalue weighted by Crippen LogP contribution is -2.19. The van der Waals surface area contributed by atoms with Gasteiger partial charge in [-0.05, 0) is 42.5 Å². The van der Waals surface area contributed by atoms with E-state index in [9.17, 15) is 0 Å². The van der Waals surface area contributed by atoms with Crippen LogP contribution < -0.4 is 10.6 Å². The monoisotopic (exact) mass is 285 g/mol. The second-order valence-electron chi connectivity index (χ2n) is 4.21. The van der Waals surface area contributed by atoms with Crippen LogP contribution in [0.2, 0.25) is 0 Å². The number of hydrogen-bond acceptors (Lipinski definition) is 3. The van der Waals surface area contributed by atoms with E-state index in [1.807, 2.05) is 18.2 Å². The Labute approximate surface area is 104 Å². The van der Waals surface area contributed by atoms with Crippen LogP contribution in [0.4, 0.5) is 0 Å². The van der Waals surface area contributed by atoms with Gasteiger partial charge in [-0.1, -0.05) is 22.4 Å². The van der Waals surface area contributed by atoms with Gasteiger partial charge in [-0.3, -0.25) is 4.84 Å². The lowest BCUT2D eigenvalue weighted by Gasteiger charge is -2.25. The van der Waals surface area contributed by atoms with E-state index in [2.05, 4.69) is 20.8 Å². The smallest absolute Gasteiger partial charge is 0.120 e. The van der Waals surface area contributed by atoms with Crippen molar-refractivity contribution >= 4 is 15.9 Å². The summed E-state index contributed by atoms with van der Waals surface area (Å²) in [5.41, 5.74) is 1.01. The van der Waals surface area contributed by atoms with Gasteiger partial charge in [0.2, 0.25) is 0 Å². The molecule has 0 spiro atoms. The first-order valence-corrected chi connectivity index (χ1v) is 6.31. The molecule has 1 aromatic rings. The summed E-state index contributed by atoms with van der Waals surface area (Å²) >= 11 is 3.44. The third-order valence-electron chi connectivity index (χ3n) is 2.89. The fourth-order valence-electron chi connectivity index (χ4n) is 1.76. The van der Waals surface area contributed by atoms with Crippen molar-refractivity contribution in [3.05, 3.63) is 28.2 Å². The van der Waals surface area contributed by atoms with E-state index in [1.54, 1.807) is 0 Å². The highest BCUT2D eigenvalue weighted by Crippen LogP contribution is 2.28. The van der Waals surface area contributed by atoms with E-state index in [-0.39, 0.29) is 0 Å². The molecule has 1 aliphatic carbocycles. The number of hydrogen-bond donors (Lipinski definition) is 1. The Kier molecular flexibility index (Phi) is 4.21. The molecule has 2 rings (SSSR count). The molecule has 0 aliphatic heterocycles. The van der Waals surface area contributed by atoms with Crippen molar-refractivity contribution in [1.29, 1.82) is 0 Å². The summed E-state index contributed by atoms with van der Waals surface area (Å²) in [7, 11) is 0. The number of benzene rings is 1. The van der Waals surface area contributed by atoms with Gasteiger partial charge >= 0.3 is 0 Å². The second-order valence-corrected chi connectivity index (χ2v) is 5.13. The normalized spacial score (nSPS) is 15.9. The number of nitrogens with two attached hydrogens (primary N) is 1. The molecule has 0 aromatic heterocycles. The molecule has 1 saturated carbocycles. The third kappa shape index (κ3) is 3.20. The molecule has 1 aromatic carbocycles. The third-order valence-corrected chi connectivity index (χ3v) is 3.35. The minimum absolute atomic E-state index is 0.402. The zero-order valence-electron chi connectivity index (χ0n) is 9.12. The van der Waals surface area contributed by atoms with Gasteiger partial charge in [-0.25, -0.2) is 5.90 Å². The second kappa shape index (κ2) is 5.66. The van der Waals surface area contributed by atoms with Crippen LogP contribution in [0, 0.1) is 5.92 Å². The first kappa shape index (κ1) is 11.9. The first-order valence-electron chi connectivity index (χ1n) is 5.52. The van der Waals surface area contributed by atoms with Crippen LogP contribution >= 0.6 is 15.9 Å². The minimum Gasteiger partial charge on any atom is -0.493 e. The maximum atomic E-state index is 5.75. The van der Waals surface area contributed by atoms with Crippen molar-refractivity contribution < 1.29 is 9.57 Å². The zero-order valence-corrected chi connectivity index (χ0v) is 10.7. The molecule has 1 fully saturated rings. The van der Waals surface area contributed by atoms with E-state index in [0.29, 0.717) is 6.61 Å². The highest BCUT2D eigenvalue weighted by Gasteiger charge is 2.17. The molecule has 0 bridgehead atoms. The van der Waals surface area contributed by atoms with Crippen molar-refractivity contribution in [2.45, 2.75) is 25.9 Å². The van der Waals surface area contributed by atoms with E-state index in [4.69, 9.17) is 10.6 Å². The number of halogens is 1. The van der Waals surface area contributed by atoms with E-state index < -0.39 is 0 Å². The van der Waals surface area contributed by atoms with Crippen LogP contribution in [0.1, 0.15) is 24.8 Å². The Morgan fingerprint density at radius 1 is 1.31 bits per heavy atom. The lowest BCUT2D eigenvalue weighted by atomic mass is 9.86. The predicted molar refractivity (Wildman–Crippen MR) is 66.0 cm³/mol.